The van der Waals surface area contributed by atoms with Crippen molar-refractivity contribution in [1.29, 1.82) is 0 Å². The summed E-state index contributed by atoms with van der Waals surface area (Å²) < 4.78 is 6.48. The second kappa shape index (κ2) is 5.76. The Kier molecular flexibility index (Phi) is 4.02. The minimum Gasteiger partial charge on any atom is -0.308 e. The SMILES string of the molecule is CC(C)c1c[n+](C)c(-c2cn3ccnc3n2C)cc1CC(C)(C)C. The summed E-state index contributed by atoms with van der Waals surface area (Å²) >= 11 is 0. The van der Waals surface area contributed by atoms with E-state index in [4.69, 9.17) is 0 Å². The van der Waals surface area contributed by atoms with E-state index in [9.17, 15) is 0 Å². The number of nitrogens with zero attached hydrogens (tertiary/aromatic N) is 4. The first-order valence-electron chi connectivity index (χ1n) is 8.68. The van der Waals surface area contributed by atoms with Crippen molar-refractivity contribution >= 4 is 5.78 Å². The van der Waals surface area contributed by atoms with Crippen LogP contribution >= 0.6 is 0 Å². The number of hydrogen-bond acceptors (Lipinski definition) is 1. The number of rotatable bonds is 3. The Morgan fingerprint density at radius 3 is 2.54 bits per heavy atom. The van der Waals surface area contributed by atoms with Gasteiger partial charge in [-0.3, -0.25) is 4.40 Å². The van der Waals surface area contributed by atoms with Gasteiger partial charge >= 0.3 is 0 Å². The van der Waals surface area contributed by atoms with E-state index in [2.05, 4.69) is 85.7 Å². The van der Waals surface area contributed by atoms with Gasteiger partial charge in [0.2, 0.25) is 11.5 Å². The Morgan fingerprint density at radius 1 is 1.25 bits per heavy atom. The van der Waals surface area contributed by atoms with Crippen LogP contribution in [0.3, 0.4) is 0 Å². The molecule has 0 radical (unpaired) electrons. The van der Waals surface area contributed by atoms with Gasteiger partial charge in [-0.05, 0) is 23.3 Å². The molecule has 0 saturated heterocycles. The highest BCUT2D eigenvalue weighted by Gasteiger charge is 2.23. The van der Waals surface area contributed by atoms with Crippen molar-refractivity contribution in [2.75, 3.05) is 0 Å². The summed E-state index contributed by atoms with van der Waals surface area (Å²) in [5, 5.41) is 0. The van der Waals surface area contributed by atoms with Gasteiger partial charge in [0, 0.05) is 37.3 Å². The molecular weight excluding hydrogens is 296 g/mol. The van der Waals surface area contributed by atoms with E-state index in [1.165, 1.54) is 22.5 Å². The van der Waals surface area contributed by atoms with E-state index in [0.717, 1.165) is 12.2 Å². The molecule has 0 bridgehead atoms. The Morgan fingerprint density at radius 2 is 1.96 bits per heavy atom. The third kappa shape index (κ3) is 2.97. The standard InChI is InChI=1S/C20H29N4/c1-14(2)16-12-22(6)17(10-15(16)11-20(3,4)5)18-13-24-9-8-21-19(24)23(18)7/h8-10,12-14H,11H2,1-7H3/q+1. The third-order valence-electron chi connectivity index (χ3n) is 4.57. The van der Waals surface area contributed by atoms with Crippen LogP contribution in [0.4, 0.5) is 0 Å². The fourth-order valence-corrected chi connectivity index (χ4v) is 3.44. The molecule has 128 valence electrons. The molecule has 0 saturated carbocycles. The van der Waals surface area contributed by atoms with Crippen molar-refractivity contribution in [2.24, 2.45) is 19.5 Å². The first-order valence-corrected chi connectivity index (χ1v) is 8.68. The zero-order valence-electron chi connectivity index (χ0n) is 16.0. The van der Waals surface area contributed by atoms with Crippen LogP contribution in [0.1, 0.15) is 51.7 Å². The first-order chi connectivity index (χ1) is 11.2. The van der Waals surface area contributed by atoms with E-state index in [-0.39, 0.29) is 5.41 Å². The number of imidazole rings is 2. The van der Waals surface area contributed by atoms with Gasteiger partial charge in [0.25, 0.3) is 0 Å². The molecule has 3 aromatic heterocycles. The van der Waals surface area contributed by atoms with Crippen LogP contribution in [0.15, 0.2) is 30.9 Å². The first kappa shape index (κ1) is 16.7. The molecule has 0 amide bonds. The molecule has 3 aromatic rings. The Labute approximate surface area is 144 Å². The molecule has 4 heteroatoms. The van der Waals surface area contributed by atoms with Gasteiger partial charge in [0.15, 0.2) is 6.20 Å². The molecule has 24 heavy (non-hydrogen) atoms. The molecule has 0 N–H and O–H groups in total. The van der Waals surface area contributed by atoms with Gasteiger partial charge in [-0.25, -0.2) is 4.98 Å². The highest BCUT2D eigenvalue weighted by Crippen LogP contribution is 2.29. The fraction of sp³-hybridized carbons (Fsp3) is 0.500. The maximum absolute atomic E-state index is 4.44. The minimum absolute atomic E-state index is 0.267. The van der Waals surface area contributed by atoms with E-state index < -0.39 is 0 Å². The largest absolute Gasteiger partial charge is 0.308 e. The van der Waals surface area contributed by atoms with Crippen LogP contribution in [0.25, 0.3) is 17.2 Å². The van der Waals surface area contributed by atoms with Gasteiger partial charge in [-0.15, -0.1) is 0 Å². The Hall–Kier alpha value is -2.10. The summed E-state index contributed by atoms with van der Waals surface area (Å²) in [6.07, 6.45) is 9.38. The predicted octanol–water partition coefficient (Wildman–Crippen LogP) is 3.88. The number of aryl methyl sites for hydroxylation is 2. The summed E-state index contributed by atoms with van der Waals surface area (Å²) in [6.45, 7) is 11.5. The van der Waals surface area contributed by atoms with Crippen LogP contribution in [0, 0.1) is 5.41 Å². The molecule has 3 rings (SSSR count). The summed E-state index contributed by atoms with van der Waals surface area (Å²) in [5.74, 6) is 1.49. The topological polar surface area (TPSA) is 26.1 Å². The summed E-state index contributed by atoms with van der Waals surface area (Å²) in [5.41, 5.74) is 5.57. The molecule has 0 fully saturated rings. The third-order valence-corrected chi connectivity index (χ3v) is 4.57. The second-order valence-electron chi connectivity index (χ2n) is 8.35. The maximum Gasteiger partial charge on any atom is 0.230 e. The molecule has 0 aliphatic rings. The van der Waals surface area contributed by atoms with Crippen molar-refractivity contribution in [3.8, 4) is 11.4 Å². The lowest BCUT2D eigenvalue weighted by molar-refractivity contribution is -0.661. The van der Waals surface area contributed by atoms with Crippen molar-refractivity contribution in [2.45, 2.75) is 47.0 Å². The quantitative estimate of drug-likeness (QED) is 0.671. The monoisotopic (exact) mass is 325 g/mol. The second-order valence-corrected chi connectivity index (χ2v) is 8.35. The molecule has 0 spiro atoms. The van der Waals surface area contributed by atoms with Gasteiger partial charge in [0.05, 0.1) is 0 Å². The van der Waals surface area contributed by atoms with Crippen LogP contribution in [-0.2, 0) is 20.5 Å². The molecule has 0 aliphatic heterocycles. The zero-order valence-corrected chi connectivity index (χ0v) is 16.0. The molecule has 0 unspecified atom stereocenters. The number of aromatic nitrogens is 4. The summed E-state index contributed by atoms with van der Waals surface area (Å²) in [7, 11) is 4.22. The average molecular weight is 325 g/mol. The smallest absolute Gasteiger partial charge is 0.230 e. The molecule has 0 atom stereocenters. The van der Waals surface area contributed by atoms with E-state index in [1.54, 1.807) is 0 Å². The van der Waals surface area contributed by atoms with Gasteiger partial charge < -0.3 is 4.57 Å². The normalized spacial score (nSPS) is 12.5. The van der Waals surface area contributed by atoms with Gasteiger partial charge in [0.1, 0.15) is 12.7 Å². The molecule has 3 heterocycles. The number of fused-ring (bicyclic) bond motifs is 1. The number of pyridine rings is 1. The zero-order chi connectivity index (χ0) is 17.6. The highest BCUT2D eigenvalue weighted by molar-refractivity contribution is 5.57. The molecular formula is C20H29N4+. The van der Waals surface area contributed by atoms with Crippen molar-refractivity contribution < 1.29 is 4.57 Å². The predicted molar refractivity (Wildman–Crippen MR) is 98.0 cm³/mol. The fourth-order valence-electron chi connectivity index (χ4n) is 3.44. The number of hydrogen-bond donors (Lipinski definition) is 0. The van der Waals surface area contributed by atoms with Crippen LogP contribution in [0.5, 0.6) is 0 Å². The van der Waals surface area contributed by atoms with E-state index in [1.807, 2.05) is 12.4 Å². The van der Waals surface area contributed by atoms with E-state index >= 15 is 0 Å². The Bertz CT molecular complexity index is 875. The van der Waals surface area contributed by atoms with Crippen LogP contribution in [0.2, 0.25) is 0 Å². The van der Waals surface area contributed by atoms with Crippen LogP contribution < -0.4 is 4.57 Å². The lowest BCUT2D eigenvalue weighted by Crippen LogP contribution is -2.33. The van der Waals surface area contributed by atoms with Gasteiger partial charge in [-0.1, -0.05) is 34.6 Å². The molecule has 4 nitrogen and oxygen atoms in total. The average Bonchev–Trinajstić information content (AvgIpc) is 3.02. The summed E-state index contributed by atoms with van der Waals surface area (Å²) in [6, 6.07) is 2.37. The van der Waals surface area contributed by atoms with E-state index in [0.29, 0.717) is 5.92 Å². The van der Waals surface area contributed by atoms with Crippen molar-refractivity contribution in [1.82, 2.24) is 14.0 Å². The minimum atomic E-state index is 0.267. The van der Waals surface area contributed by atoms with Crippen molar-refractivity contribution in [3.63, 3.8) is 0 Å². The van der Waals surface area contributed by atoms with Crippen LogP contribution in [-0.4, -0.2) is 14.0 Å². The molecule has 0 aliphatic carbocycles. The summed E-state index contributed by atoms with van der Waals surface area (Å²) in [4.78, 5) is 4.44. The van der Waals surface area contributed by atoms with Gasteiger partial charge in [-0.2, -0.15) is 4.57 Å². The lowest BCUT2D eigenvalue weighted by Gasteiger charge is -2.21. The highest BCUT2D eigenvalue weighted by atomic mass is 15.2. The lowest BCUT2D eigenvalue weighted by atomic mass is 9.84. The maximum atomic E-state index is 4.44. The Balaban J connectivity index is 2.19. The van der Waals surface area contributed by atoms with Crippen molar-refractivity contribution in [3.05, 3.63) is 42.0 Å². The molecule has 0 aromatic carbocycles.